The van der Waals surface area contributed by atoms with Crippen molar-refractivity contribution in [3.63, 3.8) is 0 Å². The summed E-state index contributed by atoms with van der Waals surface area (Å²) < 4.78 is 14.7. The summed E-state index contributed by atoms with van der Waals surface area (Å²) in [4.78, 5) is 1.04. The molecule has 1 aromatic heterocycles. The van der Waals surface area contributed by atoms with Gasteiger partial charge in [0, 0.05) is 15.8 Å². The Morgan fingerprint density at radius 2 is 2.18 bits per heavy atom. The van der Waals surface area contributed by atoms with Gasteiger partial charge in [-0.2, -0.15) is 0 Å². The van der Waals surface area contributed by atoms with Crippen LogP contribution in [-0.4, -0.2) is 14.8 Å². The minimum atomic E-state index is -1.10. The minimum absolute atomic E-state index is 0.00633. The molecule has 0 unspecified atom stereocenters. The Kier molecular flexibility index (Phi) is 4.46. The van der Waals surface area contributed by atoms with Gasteiger partial charge >= 0.3 is 0 Å². The van der Waals surface area contributed by atoms with Gasteiger partial charge in [-0.15, -0.1) is 11.3 Å². The molecule has 0 radical (unpaired) electrons. The molecule has 1 rings (SSSR count). The van der Waals surface area contributed by atoms with E-state index in [1.807, 2.05) is 39.1 Å². The molecule has 0 aromatic carbocycles. The maximum absolute atomic E-state index is 11.9. The van der Waals surface area contributed by atoms with Crippen LogP contribution in [0.25, 0.3) is 0 Å². The van der Waals surface area contributed by atoms with Crippen LogP contribution in [0.15, 0.2) is 11.4 Å². The molecule has 96 valence electrons. The largest absolute Gasteiger partial charge is 0.384 e. The summed E-state index contributed by atoms with van der Waals surface area (Å²) in [7, 11) is -1.10. The number of amidine groups is 1. The van der Waals surface area contributed by atoms with E-state index in [1.54, 1.807) is 0 Å². The fraction of sp³-hybridized carbons (Fsp3) is 0.545. The molecule has 0 bridgehead atoms. The van der Waals surface area contributed by atoms with Crippen LogP contribution in [0.5, 0.6) is 0 Å². The predicted octanol–water partition coefficient (Wildman–Crippen LogP) is 2.14. The second-order valence-electron chi connectivity index (χ2n) is 4.87. The van der Waals surface area contributed by atoms with E-state index in [0.717, 1.165) is 10.4 Å². The zero-order valence-corrected chi connectivity index (χ0v) is 12.2. The van der Waals surface area contributed by atoms with Crippen molar-refractivity contribution in [2.45, 2.75) is 38.5 Å². The third-order valence-corrected chi connectivity index (χ3v) is 4.99. The number of nitrogens with one attached hydrogen (secondary N) is 2. The summed E-state index contributed by atoms with van der Waals surface area (Å²) in [6.07, 6.45) is 0. The number of hydrogen-bond donors (Lipinski definition) is 3. The lowest BCUT2D eigenvalue weighted by molar-refractivity contribution is 0.618. The van der Waals surface area contributed by atoms with Crippen molar-refractivity contribution in [3.05, 3.63) is 21.9 Å². The lowest BCUT2D eigenvalue weighted by Crippen LogP contribution is -2.34. The first kappa shape index (κ1) is 14.3. The molecular weight excluding hydrogens is 254 g/mol. The molecule has 0 amide bonds. The van der Waals surface area contributed by atoms with E-state index in [2.05, 4.69) is 4.72 Å². The van der Waals surface area contributed by atoms with Gasteiger partial charge in [-0.1, -0.05) is 0 Å². The van der Waals surface area contributed by atoms with E-state index in [1.165, 1.54) is 11.3 Å². The highest BCUT2D eigenvalue weighted by atomic mass is 32.2. The van der Waals surface area contributed by atoms with E-state index in [9.17, 15) is 4.21 Å². The average molecular weight is 273 g/mol. The Hall–Kier alpha value is -0.720. The van der Waals surface area contributed by atoms with Gasteiger partial charge in [-0.05, 0) is 33.8 Å². The van der Waals surface area contributed by atoms with Crippen molar-refractivity contribution in [1.29, 1.82) is 5.41 Å². The standard InChI is InChI=1S/C11H19N3OS2/c1-7(14-17(15)11(2,3)4)9-5-8(6-16-9)10(12)13/h5-7,14H,1-4H3,(H3,12,13)/t7-,17+/m0/s1. The van der Waals surface area contributed by atoms with Crippen molar-refractivity contribution < 1.29 is 4.21 Å². The molecule has 2 atom stereocenters. The van der Waals surface area contributed by atoms with Crippen LogP contribution in [0, 0.1) is 5.41 Å². The molecule has 0 aliphatic carbocycles. The summed E-state index contributed by atoms with van der Waals surface area (Å²) in [6, 6.07) is 1.86. The maximum atomic E-state index is 11.9. The van der Waals surface area contributed by atoms with Crippen molar-refractivity contribution >= 4 is 28.2 Å². The minimum Gasteiger partial charge on any atom is -0.384 e. The normalized spacial score (nSPS) is 15.5. The smallest absolute Gasteiger partial charge is 0.123 e. The maximum Gasteiger partial charge on any atom is 0.123 e. The quantitative estimate of drug-likeness (QED) is 0.580. The van der Waals surface area contributed by atoms with E-state index in [0.29, 0.717) is 0 Å². The van der Waals surface area contributed by atoms with Crippen molar-refractivity contribution in [2.75, 3.05) is 0 Å². The molecule has 0 saturated heterocycles. The zero-order valence-electron chi connectivity index (χ0n) is 10.5. The molecule has 17 heavy (non-hydrogen) atoms. The highest BCUT2D eigenvalue weighted by molar-refractivity contribution is 7.84. The molecular formula is C11H19N3OS2. The van der Waals surface area contributed by atoms with Crippen molar-refractivity contribution in [2.24, 2.45) is 5.73 Å². The molecule has 0 aliphatic rings. The van der Waals surface area contributed by atoms with Crippen LogP contribution in [0.3, 0.4) is 0 Å². The monoisotopic (exact) mass is 273 g/mol. The van der Waals surface area contributed by atoms with Gasteiger partial charge in [0.1, 0.15) is 5.84 Å². The molecule has 4 nitrogen and oxygen atoms in total. The third kappa shape index (κ3) is 3.90. The summed E-state index contributed by atoms with van der Waals surface area (Å²) >= 11 is 1.52. The molecule has 6 heteroatoms. The number of nitrogens with two attached hydrogens (primary N) is 1. The lowest BCUT2D eigenvalue weighted by Gasteiger charge is -2.21. The summed E-state index contributed by atoms with van der Waals surface area (Å²) in [5, 5.41) is 9.18. The summed E-state index contributed by atoms with van der Waals surface area (Å²) in [5.41, 5.74) is 6.13. The second-order valence-corrected chi connectivity index (χ2v) is 7.81. The number of hydrogen-bond acceptors (Lipinski definition) is 3. The number of nitrogen functional groups attached to an aromatic ring is 1. The van der Waals surface area contributed by atoms with Crippen LogP contribution < -0.4 is 10.5 Å². The first-order valence-corrected chi connectivity index (χ1v) is 7.35. The fourth-order valence-electron chi connectivity index (χ4n) is 1.12. The van der Waals surface area contributed by atoms with Gasteiger partial charge in [0.15, 0.2) is 0 Å². The number of rotatable bonds is 4. The van der Waals surface area contributed by atoms with E-state index in [-0.39, 0.29) is 16.6 Å². The highest BCUT2D eigenvalue weighted by Crippen LogP contribution is 2.23. The van der Waals surface area contributed by atoms with Gasteiger partial charge < -0.3 is 5.73 Å². The molecule has 0 spiro atoms. The van der Waals surface area contributed by atoms with Crippen molar-refractivity contribution in [3.8, 4) is 0 Å². The Labute approximate surface area is 109 Å². The average Bonchev–Trinajstić information content (AvgIpc) is 2.64. The molecule has 0 saturated carbocycles. The number of thiophene rings is 1. The molecule has 4 N–H and O–H groups in total. The van der Waals surface area contributed by atoms with Gasteiger partial charge in [0.05, 0.1) is 21.8 Å². The summed E-state index contributed by atoms with van der Waals surface area (Å²) in [5.74, 6) is 0.0663. The summed E-state index contributed by atoms with van der Waals surface area (Å²) in [6.45, 7) is 7.74. The molecule has 0 aliphatic heterocycles. The predicted molar refractivity (Wildman–Crippen MR) is 74.8 cm³/mol. The van der Waals surface area contributed by atoms with E-state index < -0.39 is 11.0 Å². The molecule has 1 aromatic rings. The topological polar surface area (TPSA) is 79.0 Å². The van der Waals surface area contributed by atoms with Crippen LogP contribution in [-0.2, 0) is 11.0 Å². The van der Waals surface area contributed by atoms with Gasteiger partial charge in [-0.25, -0.2) is 8.93 Å². The fourth-order valence-corrected chi connectivity index (χ4v) is 2.91. The zero-order chi connectivity index (χ0) is 13.2. The van der Waals surface area contributed by atoms with Crippen LogP contribution in [0.2, 0.25) is 0 Å². The lowest BCUT2D eigenvalue weighted by atomic mass is 10.2. The first-order valence-electron chi connectivity index (χ1n) is 5.32. The SMILES string of the molecule is C[C@H](N[S@](=O)C(C)(C)C)c1cc(C(=N)N)cs1. The Morgan fingerprint density at radius 3 is 2.59 bits per heavy atom. The van der Waals surface area contributed by atoms with Crippen LogP contribution >= 0.6 is 11.3 Å². The van der Waals surface area contributed by atoms with Gasteiger partial charge in [-0.3, -0.25) is 5.41 Å². The van der Waals surface area contributed by atoms with Gasteiger partial charge in [0.25, 0.3) is 0 Å². The second kappa shape index (κ2) is 5.29. The van der Waals surface area contributed by atoms with Crippen LogP contribution in [0.4, 0.5) is 0 Å². The molecule has 1 heterocycles. The highest BCUT2D eigenvalue weighted by Gasteiger charge is 2.22. The Morgan fingerprint density at radius 1 is 1.59 bits per heavy atom. The Balaban J connectivity index is 2.73. The third-order valence-electron chi connectivity index (χ3n) is 2.20. The van der Waals surface area contributed by atoms with Crippen molar-refractivity contribution in [1.82, 2.24) is 4.72 Å². The molecule has 0 fully saturated rings. The van der Waals surface area contributed by atoms with Gasteiger partial charge in [0.2, 0.25) is 0 Å². The first-order chi connectivity index (χ1) is 7.71. The van der Waals surface area contributed by atoms with Crippen LogP contribution in [0.1, 0.15) is 44.2 Å². The van der Waals surface area contributed by atoms with E-state index in [4.69, 9.17) is 11.1 Å². The Bertz CT molecular complexity index is 434. The van der Waals surface area contributed by atoms with E-state index >= 15 is 0 Å².